The summed E-state index contributed by atoms with van der Waals surface area (Å²) >= 11 is 0. The molecule has 526 valence electrons. The molecule has 4 aliphatic heterocycles. The molecule has 3 N–H and O–H groups in total. The van der Waals surface area contributed by atoms with Gasteiger partial charge in [-0.15, -0.1) is 0 Å². The summed E-state index contributed by atoms with van der Waals surface area (Å²) in [5.41, 5.74) is 10.2. The maximum Gasteiger partial charge on any atom is 0.407 e. The van der Waals surface area contributed by atoms with Gasteiger partial charge in [-0.1, -0.05) is 144 Å². The lowest BCUT2D eigenvalue weighted by atomic mass is 9.98. The fraction of sp³-hybridized carbons (Fsp3) is 0.390. The van der Waals surface area contributed by atoms with Crippen LogP contribution in [0.4, 0.5) is 21.9 Å². The highest BCUT2D eigenvalue weighted by atomic mass is 28.3. The van der Waals surface area contributed by atoms with Crippen LogP contribution in [-0.2, 0) is 33.4 Å². The van der Waals surface area contributed by atoms with Gasteiger partial charge in [0.25, 0.3) is 23.6 Å². The van der Waals surface area contributed by atoms with Crippen LogP contribution in [0.25, 0.3) is 22.3 Å². The molecule has 23 heteroatoms. The number of amides is 7. The number of anilines is 3. The molecule has 0 aromatic heterocycles. The molecule has 7 amide bonds. The van der Waals surface area contributed by atoms with E-state index in [1.165, 1.54) is 28.9 Å². The van der Waals surface area contributed by atoms with Crippen LogP contribution in [-0.4, -0.2) is 152 Å². The third-order valence-corrected chi connectivity index (χ3v) is 22.2. The maximum atomic E-state index is 15.0. The van der Waals surface area contributed by atoms with Gasteiger partial charge in [0.15, 0.2) is 23.0 Å². The highest BCUT2D eigenvalue weighted by molar-refractivity contribution is 6.76. The van der Waals surface area contributed by atoms with Crippen molar-refractivity contribution in [1.29, 1.82) is 0 Å². The smallest absolute Gasteiger partial charge is 0.407 e. The second-order valence-corrected chi connectivity index (χ2v) is 40.1. The Kier molecular flexibility index (Phi) is 21.9. The summed E-state index contributed by atoms with van der Waals surface area (Å²) in [5.74, 6) is -1.80. The zero-order valence-electron chi connectivity index (χ0n) is 59.2. The van der Waals surface area contributed by atoms with Gasteiger partial charge in [-0.25, -0.2) is 4.79 Å². The average Bonchev–Trinajstić information content (AvgIpc) is 1.61. The van der Waals surface area contributed by atoms with Crippen molar-refractivity contribution in [2.24, 2.45) is 5.92 Å². The number of rotatable bonds is 28. The van der Waals surface area contributed by atoms with Crippen LogP contribution in [0.3, 0.4) is 0 Å². The Hall–Kier alpha value is -9.56. The minimum absolute atomic E-state index is 0.0613. The second kappa shape index (κ2) is 30.5. The van der Waals surface area contributed by atoms with Crippen molar-refractivity contribution in [3.05, 3.63) is 173 Å². The molecule has 0 saturated heterocycles. The lowest BCUT2D eigenvalue weighted by molar-refractivity contribution is -0.128. The molecule has 6 aromatic carbocycles. The molecule has 0 fully saturated rings. The minimum Gasteiger partial charge on any atom is -0.493 e. The molecular formula is C77H91N7O14Si2. The Balaban J connectivity index is 0.740. The fourth-order valence-corrected chi connectivity index (χ4v) is 14.5. The van der Waals surface area contributed by atoms with Crippen LogP contribution in [0.5, 0.6) is 23.0 Å². The molecule has 6 aromatic rings. The Labute approximate surface area is 587 Å². The van der Waals surface area contributed by atoms with E-state index >= 15 is 4.79 Å². The van der Waals surface area contributed by atoms with Crippen molar-refractivity contribution < 1.29 is 66.7 Å². The molecule has 0 radical (unpaired) electrons. The lowest BCUT2D eigenvalue weighted by Crippen LogP contribution is -2.53. The summed E-state index contributed by atoms with van der Waals surface area (Å²) in [5, 5.41) is 8.33. The summed E-state index contributed by atoms with van der Waals surface area (Å²) in [4.78, 5) is 106. The quantitative estimate of drug-likeness (QED) is 0.0306. The van der Waals surface area contributed by atoms with Gasteiger partial charge in [0, 0.05) is 84.8 Å². The minimum atomic E-state index is -1.54. The molecule has 1 aliphatic carbocycles. The van der Waals surface area contributed by atoms with Gasteiger partial charge in [0.05, 0.1) is 49.9 Å². The Bertz CT molecular complexity index is 4120. The maximum absolute atomic E-state index is 15.0. The number of ether oxygens (including phenoxy) is 7. The fourth-order valence-electron chi connectivity index (χ4n) is 13.0. The van der Waals surface area contributed by atoms with Crippen LogP contribution in [0.1, 0.15) is 94.5 Å². The van der Waals surface area contributed by atoms with Crippen LogP contribution in [0.2, 0.25) is 51.4 Å². The van der Waals surface area contributed by atoms with Crippen LogP contribution >= 0.6 is 0 Å². The molecule has 21 nitrogen and oxygen atoms in total. The molecule has 11 rings (SSSR count). The number of carbonyl (C=O) groups is 7. The number of benzene rings is 6. The lowest BCUT2D eigenvalue weighted by Gasteiger charge is -2.27. The molecule has 0 bridgehead atoms. The van der Waals surface area contributed by atoms with Crippen LogP contribution in [0.15, 0.2) is 134 Å². The first-order valence-electron chi connectivity index (χ1n) is 34.2. The number of alkyl carbamates (subject to hydrolysis) is 1. The summed E-state index contributed by atoms with van der Waals surface area (Å²) in [7, 11) is -0.0515. The Morgan fingerprint density at radius 2 is 1.01 bits per heavy atom. The average molecular weight is 1390 g/mol. The van der Waals surface area contributed by atoms with E-state index in [0.29, 0.717) is 65.8 Å². The topological polar surface area (TPSA) is 233 Å². The van der Waals surface area contributed by atoms with Gasteiger partial charge in [0.2, 0.25) is 11.8 Å². The molecule has 0 spiro atoms. The van der Waals surface area contributed by atoms with E-state index in [1.807, 2.05) is 67.6 Å². The van der Waals surface area contributed by atoms with Gasteiger partial charge in [-0.2, -0.15) is 0 Å². The zero-order chi connectivity index (χ0) is 71.3. The summed E-state index contributed by atoms with van der Waals surface area (Å²) in [6, 6.07) is 35.6. The van der Waals surface area contributed by atoms with Crippen molar-refractivity contribution >= 4 is 85.9 Å². The third-order valence-electron chi connectivity index (χ3n) is 18.8. The van der Waals surface area contributed by atoms with Crippen molar-refractivity contribution in [2.75, 3.05) is 75.8 Å². The Morgan fingerprint density at radius 3 is 1.46 bits per heavy atom. The number of aryl methyl sites for hydroxylation is 1. The molecule has 5 aliphatic rings. The number of carbonyl (C=O) groups excluding carboxylic acids is 7. The van der Waals surface area contributed by atoms with Crippen LogP contribution < -0.4 is 44.7 Å². The first-order valence-corrected chi connectivity index (χ1v) is 41.7. The van der Waals surface area contributed by atoms with Crippen molar-refractivity contribution in [3.8, 4) is 34.1 Å². The number of hydrogen-bond acceptors (Lipinski definition) is 14. The van der Waals surface area contributed by atoms with E-state index in [1.54, 1.807) is 86.6 Å². The summed E-state index contributed by atoms with van der Waals surface area (Å²) < 4.78 is 42.7. The first-order chi connectivity index (χ1) is 47.8. The summed E-state index contributed by atoms with van der Waals surface area (Å²) in [6.45, 7) is 21.6. The van der Waals surface area contributed by atoms with E-state index in [-0.39, 0.29) is 91.9 Å². The van der Waals surface area contributed by atoms with E-state index < -0.39 is 64.1 Å². The highest BCUT2D eigenvalue weighted by Gasteiger charge is 2.46. The van der Waals surface area contributed by atoms with E-state index in [4.69, 9.17) is 33.2 Å². The van der Waals surface area contributed by atoms with Gasteiger partial charge in [0.1, 0.15) is 44.2 Å². The van der Waals surface area contributed by atoms with E-state index in [9.17, 15) is 28.8 Å². The third kappa shape index (κ3) is 16.0. The van der Waals surface area contributed by atoms with Crippen LogP contribution in [0, 0.1) is 12.8 Å². The largest absolute Gasteiger partial charge is 0.493 e. The molecule has 0 saturated carbocycles. The second-order valence-electron chi connectivity index (χ2n) is 28.8. The van der Waals surface area contributed by atoms with E-state index in [0.717, 1.165) is 51.0 Å². The first kappa shape index (κ1) is 71.7. The van der Waals surface area contributed by atoms with Gasteiger partial charge < -0.3 is 58.9 Å². The monoisotopic (exact) mass is 1390 g/mol. The molecule has 0 unspecified atom stereocenters. The van der Waals surface area contributed by atoms with E-state index in [2.05, 4.69) is 67.4 Å². The van der Waals surface area contributed by atoms with Gasteiger partial charge in [-0.3, -0.25) is 38.6 Å². The van der Waals surface area contributed by atoms with Gasteiger partial charge >= 0.3 is 6.09 Å². The number of fused-ring (bicyclic) bond motifs is 7. The zero-order valence-corrected chi connectivity index (χ0v) is 61.2. The Morgan fingerprint density at radius 1 is 0.550 bits per heavy atom. The molecule has 4 heterocycles. The predicted molar refractivity (Wildman–Crippen MR) is 390 cm³/mol. The number of hydrogen-bond donors (Lipinski definition) is 3. The van der Waals surface area contributed by atoms with Crippen molar-refractivity contribution in [2.45, 2.75) is 128 Å². The summed E-state index contributed by atoms with van der Waals surface area (Å²) in [6.07, 6.45) is 3.58. The van der Waals surface area contributed by atoms with Gasteiger partial charge in [-0.05, 0) is 101 Å². The highest BCUT2D eigenvalue weighted by Crippen LogP contribution is 2.47. The SMILES string of the molecule is COc1cc2c(cc1OCCCOc1cc3c(cc1OC)C(=O)N1C=C(c4ccc(NC(=O)[C@H](C)NC(=O)[C@@H](NC(=O)OCC5c6ccccc6-c6ccccc65)C(C)C)cc4)C[C@H]1C(=O)N3COCC[Si](C)(C)C)N(COCC[Si](C)(C)C)C(=O)[C@@H]1CC(c3ccc(C)cc3)=CN1C2=O. The number of methoxy groups -OCH3 is 2. The molecule has 4 atom stereocenters. The number of nitrogens with one attached hydrogen (secondary N) is 3. The molecular weight excluding hydrogens is 1300 g/mol. The van der Waals surface area contributed by atoms with Crippen molar-refractivity contribution in [1.82, 2.24) is 20.4 Å². The molecule has 100 heavy (non-hydrogen) atoms. The normalized spacial score (nSPS) is 17.0. The number of nitrogens with zero attached hydrogens (tertiary/aromatic N) is 4. The predicted octanol–water partition coefficient (Wildman–Crippen LogP) is 12.7. The standard InChI is InChI=1S/C77H91N7O14Si2/c1-47(2)70(80-77(91)98-44-61-57-20-15-13-18-55(57)56-19-14-16-21-58(56)61)72(86)78-49(4)71(85)79-54-28-26-51(27-29-54)53-37-65-76(90)84(46-95-33-35-100(10,11)12)63-41-69(67(93-6)39-60(63)74(88)82(65)43-53)97-31-17-30-96-68-40-62-59(38-66(68)92-5)73(87)81-42-52(50-24-22-48(3)23-25-50)36-64(81)75(89)83(62)45-94-32-34-99(7,8)9/h13-16,18-29,38-43,47,49,61,64-65,70H,17,30-37,44-46H2,1-12H3,(H,78,86)(H,79,85)(H,80,91)/t49-,64-,65-,70-/m0/s1. The van der Waals surface area contributed by atoms with Crippen molar-refractivity contribution in [3.63, 3.8) is 0 Å².